The van der Waals surface area contributed by atoms with Crippen molar-refractivity contribution in [2.75, 3.05) is 0 Å². The van der Waals surface area contributed by atoms with E-state index in [1.165, 1.54) is 114 Å². The summed E-state index contributed by atoms with van der Waals surface area (Å²) in [5.74, 6) is 1.79. The average molecular weight is 433 g/mol. The zero-order chi connectivity index (χ0) is 22.4. The topological polar surface area (TPSA) is 0 Å². The summed E-state index contributed by atoms with van der Waals surface area (Å²) < 4.78 is 0. The SMILES string of the molecule is CCCCCCc1ccc(C[C@H]2CC[C@H](Cc3ccc(CCCCCC)cc3)CC2)cc1. The Labute approximate surface area is 199 Å². The molecule has 0 heterocycles. The molecule has 1 fully saturated rings. The van der Waals surface area contributed by atoms with E-state index in [0.29, 0.717) is 0 Å². The summed E-state index contributed by atoms with van der Waals surface area (Å²) in [6.07, 6.45) is 21.6. The van der Waals surface area contributed by atoms with E-state index in [2.05, 4.69) is 62.4 Å². The van der Waals surface area contributed by atoms with E-state index in [0.717, 1.165) is 11.8 Å². The molecule has 2 aromatic rings. The largest absolute Gasteiger partial charge is 0.0654 e. The summed E-state index contributed by atoms with van der Waals surface area (Å²) in [4.78, 5) is 0. The molecule has 0 spiro atoms. The van der Waals surface area contributed by atoms with Gasteiger partial charge in [-0.25, -0.2) is 0 Å². The van der Waals surface area contributed by atoms with Gasteiger partial charge in [0, 0.05) is 0 Å². The Balaban J connectivity index is 1.34. The molecule has 0 unspecified atom stereocenters. The van der Waals surface area contributed by atoms with Gasteiger partial charge < -0.3 is 0 Å². The Bertz CT molecular complexity index is 650. The summed E-state index contributed by atoms with van der Waals surface area (Å²) >= 11 is 0. The van der Waals surface area contributed by atoms with E-state index < -0.39 is 0 Å². The standard InChI is InChI=1S/C32H48/c1-3-5-7-9-11-27-13-17-29(18-14-27)25-31-21-23-32(24-22-31)26-30-19-15-28(16-20-30)12-10-8-6-4-2/h13-20,31-32H,3-12,21-26H2,1-2H3/t31-,32-. The summed E-state index contributed by atoms with van der Waals surface area (Å²) in [5.41, 5.74) is 6.17. The van der Waals surface area contributed by atoms with Crippen molar-refractivity contribution in [1.82, 2.24) is 0 Å². The molecule has 0 aromatic heterocycles. The van der Waals surface area contributed by atoms with Crippen LogP contribution >= 0.6 is 0 Å². The molecule has 1 aliphatic carbocycles. The van der Waals surface area contributed by atoms with Crippen molar-refractivity contribution in [1.29, 1.82) is 0 Å². The number of unbranched alkanes of at least 4 members (excludes halogenated alkanes) is 6. The van der Waals surface area contributed by atoms with E-state index in [9.17, 15) is 0 Å². The van der Waals surface area contributed by atoms with E-state index >= 15 is 0 Å². The van der Waals surface area contributed by atoms with Crippen LogP contribution in [-0.4, -0.2) is 0 Å². The Kier molecular flexibility index (Phi) is 11.4. The molecular weight excluding hydrogens is 384 g/mol. The first-order valence-corrected chi connectivity index (χ1v) is 13.9. The lowest BCUT2D eigenvalue weighted by atomic mass is 9.77. The molecule has 176 valence electrons. The minimum atomic E-state index is 0.896. The van der Waals surface area contributed by atoms with Crippen LogP contribution < -0.4 is 0 Å². The molecule has 1 saturated carbocycles. The normalized spacial score (nSPS) is 18.7. The monoisotopic (exact) mass is 432 g/mol. The minimum absolute atomic E-state index is 0.896. The lowest BCUT2D eigenvalue weighted by Crippen LogP contribution is -2.18. The van der Waals surface area contributed by atoms with Crippen LogP contribution in [0.15, 0.2) is 48.5 Å². The summed E-state index contributed by atoms with van der Waals surface area (Å²) in [6.45, 7) is 4.57. The Hall–Kier alpha value is -1.56. The van der Waals surface area contributed by atoms with Gasteiger partial charge >= 0.3 is 0 Å². The zero-order valence-electron chi connectivity index (χ0n) is 21.1. The van der Waals surface area contributed by atoms with Crippen molar-refractivity contribution in [2.45, 2.75) is 117 Å². The Morgan fingerprint density at radius 1 is 0.469 bits per heavy atom. The molecule has 0 nitrogen and oxygen atoms in total. The Morgan fingerprint density at radius 3 is 1.16 bits per heavy atom. The number of aryl methyl sites for hydroxylation is 2. The van der Waals surface area contributed by atoms with Crippen LogP contribution in [0.5, 0.6) is 0 Å². The molecule has 0 aliphatic heterocycles. The van der Waals surface area contributed by atoms with Gasteiger partial charge in [0.1, 0.15) is 0 Å². The van der Waals surface area contributed by atoms with E-state index in [-0.39, 0.29) is 0 Å². The predicted molar refractivity (Wildman–Crippen MR) is 141 cm³/mol. The third kappa shape index (κ3) is 9.13. The van der Waals surface area contributed by atoms with Gasteiger partial charge in [-0.05, 0) is 98.3 Å². The molecule has 0 atom stereocenters. The van der Waals surface area contributed by atoms with Gasteiger partial charge in [0.15, 0.2) is 0 Å². The Morgan fingerprint density at radius 2 is 0.812 bits per heavy atom. The van der Waals surface area contributed by atoms with Gasteiger partial charge in [-0.1, -0.05) is 101 Å². The molecule has 0 bridgehead atoms. The third-order valence-corrected chi connectivity index (χ3v) is 7.70. The summed E-state index contributed by atoms with van der Waals surface area (Å²) in [6, 6.07) is 19.2. The van der Waals surface area contributed by atoms with Gasteiger partial charge in [0.2, 0.25) is 0 Å². The number of benzene rings is 2. The fourth-order valence-electron chi connectivity index (χ4n) is 5.50. The van der Waals surface area contributed by atoms with Crippen molar-refractivity contribution in [3.63, 3.8) is 0 Å². The average Bonchev–Trinajstić information content (AvgIpc) is 2.83. The maximum atomic E-state index is 2.41. The second-order valence-corrected chi connectivity index (χ2v) is 10.5. The first kappa shape index (κ1) is 25.1. The fraction of sp³-hybridized carbons (Fsp3) is 0.625. The van der Waals surface area contributed by atoms with Crippen LogP contribution in [0.1, 0.15) is 113 Å². The highest BCUT2D eigenvalue weighted by atomic mass is 14.3. The van der Waals surface area contributed by atoms with Crippen molar-refractivity contribution in [3.05, 3.63) is 70.8 Å². The maximum absolute atomic E-state index is 2.41. The van der Waals surface area contributed by atoms with Gasteiger partial charge in [-0.3, -0.25) is 0 Å². The molecule has 0 heteroatoms. The first-order valence-electron chi connectivity index (χ1n) is 13.9. The number of hydrogen-bond donors (Lipinski definition) is 0. The zero-order valence-corrected chi connectivity index (χ0v) is 21.1. The van der Waals surface area contributed by atoms with Gasteiger partial charge in [0.25, 0.3) is 0 Å². The van der Waals surface area contributed by atoms with Crippen LogP contribution in [-0.2, 0) is 25.7 Å². The maximum Gasteiger partial charge on any atom is -0.0250 e. The van der Waals surface area contributed by atoms with Crippen molar-refractivity contribution in [3.8, 4) is 0 Å². The molecule has 32 heavy (non-hydrogen) atoms. The van der Waals surface area contributed by atoms with Crippen LogP contribution in [0.25, 0.3) is 0 Å². The minimum Gasteiger partial charge on any atom is -0.0654 e. The molecule has 3 rings (SSSR count). The molecule has 0 N–H and O–H groups in total. The number of hydrogen-bond acceptors (Lipinski definition) is 0. The lowest BCUT2D eigenvalue weighted by Gasteiger charge is -2.28. The molecule has 0 saturated heterocycles. The highest BCUT2D eigenvalue weighted by Gasteiger charge is 2.21. The van der Waals surface area contributed by atoms with Crippen molar-refractivity contribution >= 4 is 0 Å². The highest BCUT2D eigenvalue weighted by molar-refractivity contribution is 5.24. The molecule has 2 aromatic carbocycles. The second-order valence-electron chi connectivity index (χ2n) is 10.5. The van der Waals surface area contributed by atoms with E-state index in [1.54, 1.807) is 11.1 Å². The van der Waals surface area contributed by atoms with E-state index in [4.69, 9.17) is 0 Å². The van der Waals surface area contributed by atoms with Gasteiger partial charge in [-0.15, -0.1) is 0 Å². The smallest absolute Gasteiger partial charge is 0.0250 e. The van der Waals surface area contributed by atoms with Crippen LogP contribution in [0, 0.1) is 11.8 Å². The van der Waals surface area contributed by atoms with Crippen molar-refractivity contribution in [2.24, 2.45) is 11.8 Å². The molecular formula is C32H48. The van der Waals surface area contributed by atoms with Gasteiger partial charge in [0.05, 0.1) is 0 Å². The van der Waals surface area contributed by atoms with Crippen LogP contribution in [0.3, 0.4) is 0 Å². The van der Waals surface area contributed by atoms with Gasteiger partial charge in [-0.2, -0.15) is 0 Å². The number of rotatable bonds is 14. The van der Waals surface area contributed by atoms with E-state index in [1.807, 2.05) is 0 Å². The predicted octanol–water partition coefficient (Wildman–Crippen LogP) is 9.52. The quantitative estimate of drug-likeness (QED) is 0.261. The fourth-order valence-corrected chi connectivity index (χ4v) is 5.50. The summed E-state index contributed by atoms with van der Waals surface area (Å²) in [5, 5.41) is 0. The molecule has 0 amide bonds. The first-order chi connectivity index (χ1) is 15.8. The van der Waals surface area contributed by atoms with Crippen LogP contribution in [0.2, 0.25) is 0 Å². The lowest BCUT2D eigenvalue weighted by molar-refractivity contribution is 0.272. The second kappa shape index (κ2) is 14.6. The third-order valence-electron chi connectivity index (χ3n) is 7.70. The molecule has 1 aliphatic rings. The summed E-state index contributed by atoms with van der Waals surface area (Å²) in [7, 11) is 0. The van der Waals surface area contributed by atoms with Crippen molar-refractivity contribution < 1.29 is 0 Å². The van der Waals surface area contributed by atoms with Crippen LogP contribution in [0.4, 0.5) is 0 Å². The molecule has 0 radical (unpaired) electrons. The highest BCUT2D eigenvalue weighted by Crippen LogP contribution is 2.33.